The predicted molar refractivity (Wildman–Crippen MR) is 85.2 cm³/mol. The first-order chi connectivity index (χ1) is 9.28. The number of hydrogen-bond donors (Lipinski definition) is 2. The molecule has 2 N–H and O–H groups in total. The van der Waals surface area contributed by atoms with Crippen LogP contribution in [0.15, 0.2) is 60.0 Å². The highest BCUT2D eigenvalue weighted by atomic mass is 16.2. The van der Waals surface area contributed by atoms with Gasteiger partial charge in [-0.1, -0.05) is 70.9 Å². The van der Waals surface area contributed by atoms with Crippen LogP contribution in [0.25, 0.3) is 0 Å². The van der Waals surface area contributed by atoms with E-state index in [1.54, 1.807) is 6.08 Å². The van der Waals surface area contributed by atoms with Gasteiger partial charge in [0.1, 0.15) is 0 Å². The van der Waals surface area contributed by atoms with Crippen molar-refractivity contribution in [2.45, 2.75) is 6.92 Å². The van der Waals surface area contributed by atoms with Crippen molar-refractivity contribution >= 4 is 38.9 Å². The zero-order valence-electron chi connectivity index (χ0n) is 11.0. The summed E-state index contributed by atoms with van der Waals surface area (Å²) >= 11 is 0. The third-order valence-corrected chi connectivity index (χ3v) is 3.58. The highest BCUT2D eigenvalue weighted by molar-refractivity contribution is 7.30. The van der Waals surface area contributed by atoms with Gasteiger partial charge in [0.25, 0.3) is 14.7 Å². The van der Waals surface area contributed by atoms with Crippen molar-refractivity contribution in [3.63, 3.8) is 0 Å². The van der Waals surface area contributed by atoms with Crippen LogP contribution < -0.4 is 10.9 Å². The van der Waals surface area contributed by atoms with Crippen molar-refractivity contribution in [3.05, 3.63) is 60.0 Å². The van der Waals surface area contributed by atoms with Crippen LogP contribution >= 0.6 is 0 Å². The fraction of sp³-hybridized carbons (Fsp3) is 0.0769. The summed E-state index contributed by atoms with van der Waals surface area (Å²) < 4.78 is 0. The quantitative estimate of drug-likeness (QED) is 0.702. The molecular formula is C13H14B4O2. The van der Waals surface area contributed by atoms with Gasteiger partial charge >= 0.3 is 0 Å². The minimum absolute atomic E-state index is 0.163. The Bertz CT molecular complexity index is 539. The maximum atomic E-state index is 9.61. The number of benzene rings is 1. The molecule has 0 fully saturated rings. The fourth-order valence-electron chi connectivity index (χ4n) is 2.77. The summed E-state index contributed by atoms with van der Waals surface area (Å²) in [7, 11) is 2.41. The summed E-state index contributed by atoms with van der Waals surface area (Å²) in [6.45, 7) is 5.32. The Hall–Kier alpha value is -1.38. The van der Waals surface area contributed by atoms with Gasteiger partial charge in [-0.2, -0.15) is 0 Å². The number of rotatable bonds is 3. The molecule has 6 heteroatoms. The van der Waals surface area contributed by atoms with Gasteiger partial charge in [0.2, 0.25) is 13.2 Å². The first-order valence-corrected chi connectivity index (χ1v) is 6.31. The summed E-state index contributed by atoms with van der Waals surface area (Å²) in [5.41, 5.74) is 4.00. The standard InChI is InChI=1S/C13H14B4O2/c1-3-7-11-10(4-2)16(14-18)12-8-5-6-9-13(12)17(11)15-19/h3-9,18-19H,1H2,2H3/b10-4+,11-7+. The zero-order valence-corrected chi connectivity index (χ0v) is 11.0. The van der Waals surface area contributed by atoms with Gasteiger partial charge < -0.3 is 10.0 Å². The van der Waals surface area contributed by atoms with E-state index in [4.69, 9.17) is 0 Å². The number of allylic oxidation sites excluding steroid dienone is 5. The third kappa shape index (κ3) is 2.38. The lowest BCUT2D eigenvalue weighted by atomic mass is 9.08. The van der Waals surface area contributed by atoms with Crippen molar-refractivity contribution < 1.29 is 10.0 Å². The zero-order chi connectivity index (χ0) is 13.8. The molecule has 2 nitrogen and oxygen atoms in total. The fourth-order valence-corrected chi connectivity index (χ4v) is 2.77. The van der Waals surface area contributed by atoms with Gasteiger partial charge in [-0.25, -0.2) is 0 Å². The van der Waals surface area contributed by atoms with E-state index in [1.165, 1.54) is 14.7 Å². The molecule has 0 saturated heterocycles. The second-order valence-corrected chi connectivity index (χ2v) is 4.48. The van der Waals surface area contributed by atoms with E-state index in [-0.39, 0.29) is 13.2 Å². The Balaban J connectivity index is 2.68. The Morgan fingerprint density at radius 1 is 1.05 bits per heavy atom. The number of hydrogen-bond acceptors (Lipinski definition) is 2. The summed E-state index contributed by atoms with van der Waals surface area (Å²) in [6, 6.07) is 7.85. The molecule has 0 unspecified atom stereocenters. The monoisotopic (exact) mass is 246 g/mol. The van der Waals surface area contributed by atoms with Crippen molar-refractivity contribution in [2.24, 2.45) is 0 Å². The van der Waals surface area contributed by atoms with Gasteiger partial charge in [0.15, 0.2) is 0 Å². The molecule has 90 valence electrons. The van der Waals surface area contributed by atoms with E-state index < -0.39 is 0 Å². The first-order valence-electron chi connectivity index (χ1n) is 6.31. The predicted octanol–water partition coefficient (Wildman–Crippen LogP) is -0.543. The normalized spacial score (nSPS) is 18.5. The number of fused-ring (bicyclic) bond motifs is 1. The van der Waals surface area contributed by atoms with E-state index in [2.05, 4.69) is 6.58 Å². The lowest BCUT2D eigenvalue weighted by Gasteiger charge is -2.31. The summed E-state index contributed by atoms with van der Waals surface area (Å²) in [6.07, 6.45) is 5.57. The summed E-state index contributed by atoms with van der Waals surface area (Å²) in [4.78, 5) is 0. The largest absolute Gasteiger partial charge is 0.463 e. The molecule has 0 saturated carbocycles. The average Bonchev–Trinajstić information content (AvgIpc) is 2.46. The molecule has 1 aromatic carbocycles. The third-order valence-electron chi connectivity index (χ3n) is 3.58. The maximum absolute atomic E-state index is 9.61. The van der Waals surface area contributed by atoms with Gasteiger partial charge in [-0.05, 0) is 6.92 Å². The molecule has 1 heterocycles. The van der Waals surface area contributed by atoms with Crippen LogP contribution in [-0.2, 0) is 0 Å². The molecule has 0 aromatic heterocycles. The van der Waals surface area contributed by atoms with E-state index in [0.717, 1.165) is 21.9 Å². The topological polar surface area (TPSA) is 40.5 Å². The Kier molecular flexibility index (Phi) is 4.56. The van der Waals surface area contributed by atoms with Crippen LogP contribution in [0.4, 0.5) is 0 Å². The molecule has 0 atom stereocenters. The Labute approximate surface area is 116 Å². The van der Waals surface area contributed by atoms with E-state index >= 15 is 0 Å². The van der Waals surface area contributed by atoms with Gasteiger partial charge in [-0.3, -0.25) is 0 Å². The molecule has 1 aromatic rings. The minimum atomic E-state index is -0.184. The second kappa shape index (κ2) is 6.18. The van der Waals surface area contributed by atoms with Crippen molar-refractivity contribution in [1.82, 2.24) is 0 Å². The Morgan fingerprint density at radius 3 is 2.00 bits per heavy atom. The van der Waals surface area contributed by atoms with Crippen LogP contribution in [0.2, 0.25) is 0 Å². The molecule has 0 bridgehead atoms. The lowest BCUT2D eigenvalue weighted by Crippen LogP contribution is -2.61. The SMILES string of the molecule is C=C/C=C1/B([B]O)c2ccccc2B([B]O)/C1=C/C. The van der Waals surface area contributed by atoms with Crippen LogP contribution in [0.5, 0.6) is 0 Å². The van der Waals surface area contributed by atoms with Crippen molar-refractivity contribution in [3.8, 4) is 0 Å². The molecule has 0 spiro atoms. The second-order valence-electron chi connectivity index (χ2n) is 4.48. The van der Waals surface area contributed by atoms with E-state index in [9.17, 15) is 10.0 Å². The van der Waals surface area contributed by atoms with E-state index in [1.807, 2.05) is 43.3 Å². The smallest absolute Gasteiger partial charge is 0.258 e. The molecule has 19 heavy (non-hydrogen) atoms. The molecule has 0 aliphatic carbocycles. The molecule has 1 aliphatic heterocycles. The van der Waals surface area contributed by atoms with E-state index in [0.29, 0.717) is 0 Å². The van der Waals surface area contributed by atoms with Crippen LogP contribution in [-0.4, -0.2) is 38.0 Å². The summed E-state index contributed by atoms with van der Waals surface area (Å²) in [5.74, 6) is 0. The molecule has 2 rings (SSSR count). The van der Waals surface area contributed by atoms with Crippen LogP contribution in [0.1, 0.15) is 6.92 Å². The highest BCUT2D eigenvalue weighted by Gasteiger charge is 2.38. The minimum Gasteiger partial charge on any atom is -0.463 e. The first kappa shape index (κ1) is 14.0. The molecular weight excluding hydrogens is 231 g/mol. The maximum Gasteiger partial charge on any atom is 0.258 e. The van der Waals surface area contributed by atoms with Crippen LogP contribution in [0, 0.1) is 0 Å². The summed E-state index contributed by atoms with van der Waals surface area (Å²) in [5, 5.41) is 19.2. The highest BCUT2D eigenvalue weighted by Crippen LogP contribution is 2.20. The Morgan fingerprint density at radius 2 is 1.58 bits per heavy atom. The molecule has 0 amide bonds. The van der Waals surface area contributed by atoms with Gasteiger partial charge in [0.05, 0.1) is 0 Å². The average molecular weight is 246 g/mol. The van der Waals surface area contributed by atoms with Crippen molar-refractivity contribution in [2.75, 3.05) is 0 Å². The molecule has 2 radical (unpaired) electrons. The van der Waals surface area contributed by atoms with Crippen molar-refractivity contribution in [1.29, 1.82) is 0 Å². The molecule has 1 aliphatic rings. The van der Waals surface area contributed by atoms with Gasteiger partial charge in [0, 0.05) is 0 Å². The van der Waals surface area contributed by atoms with Crippen LogP contribution in [0.3, 0.4) is 0 Å². The van der Waals surface area contributed by atoms with Gasteiger partial charge in [-0.15, -0.1) is 0 Å². The lowest BCUT2D eigenvalue weighted by molar-refractivity contribution is 0.619.